The Balaban J connectivity index is 1.79. The van der Waals surface area contributed by atoms with Crippen molar-refractivity contribution in [2.24, 2.45) is 0 Å². The number of hydrogen-bond acceptors (Lipinski definition) is 5. The third-order valence-electron chi connectivity index (χ3n) is 5.67. The van der Waals surface area contributed by atoms with Gasteiger partial charge in [-0.15, -0.1) is 0 Å². The van der Waals surface area contributed by atoms with Crippen molar-refractivity contribution in [3.05, 3.63) is 95.3 Å². The molecule has 34 heavy (non-hydrogen) atoms. The Kier molecular flexibility index (Phi) is 6.92. The van der Waals surface area contributed by atoms with E-state index < -0.39 is 23.5 Å². The number of hydrogen-bond donors (Lipinski definition) is 0. The summed E-state index contributed by atoms with van der Waals surface area (Å²) in [4.78, 5) is 30.7. The Bertz CT molecular complexity index is 1190. The highest BCUT2D eigenvalue weighted by molar-refractivity contribution is 6.46. The zero-order chi connectivity index (χ0) is 24.1. The number of benzene rings is 2. The van der Waals surface area contributed by atoms with Crippen LogP contribution in [0.15, 0.2) is 78.6 Å². The second kappa shape index (κ2) is 10.2. The molecule has 1 unspecified atom stereocenters. The van der Waals surface area contributed by atoms with E-state index in [9.17, 15) is 14.7 Å². The van der Waals surface area contributed by atoms with Gasteiger partial charge in [0.15, 0.2) is 12.4 Å². The fourth-order valence-corrected chi connectivity index (χ4v) is 3.97. The summed E-state index contributed by atoms with van der Waals surface area (Å²) in [5, 5.41) is 13.5. The molecule has 1 aliphatic rings. The summed E-state index contributed by atoms with van der Waals surface area (Å²) < 4.78 is 10.8. The van der Waals surface area contributed by atoms with Crippen LogP contribution >= 0.6 is 0 Å². The van der Waals surface area contributed by atoms with Crippen LogP contribution in [0.2, 0.25) is 0 Å². The van der Waals surface area contributed by atoms with E-state index in [2.05, 4.69) is 4.98 Å². The van der Waals surface area contributed by atoms with Gasteiger partial charge in [-0.3, -0.25) is 9.59 Å². The quantitative estimate of drug-likeness (QED) is 0.294. The van der Waals surface area contributed by atoms with Gasteiger partial charge in [-0.1, -0.05) is 36.9 Å². The number of amides is 1. The van der Waals surface area contributed by atoms with E-state index in [-0.39, 0.29) is 12.1 Å². The van der Waals surface area contributed by atoms with Gasteiger partial charge in [0.2, 0.25) is 5.78 Å². The first-order valence-electron chi connectivity index (χ1n) is 11.1. The van der Waals surface area contributed by atoms with Crippen molar-refractivity contribution in [1.29, 1.82) is 0 Å². The molecule has 2 aromatic carbocycles. The number of Topliss-reactive ketones (excluding diaryl/α,β-unsaturated/α-hetero) is 1. The molecular weight excluding hydrogens is 432 g/mol. The van der Waals surface area contributed by atoms with Gasteiger partial charge in [-0.2, -0.15) is 0 Å². The molecule has 7 nitrogen and oxygen atoms in total. The average molecular weight is 459 g/mol. The number of likely N-dealkylation sites (tertiary alicyclic amines) is 1. The van der Waals surface area contributed by atoms with Gasteiger partial charge in [0.25, 0.3) is 5.91 Å². The van der Waals surface area contributed by atoms with Crippen LogP contribution in [0, 0.1) is 0 Å². The number of carbonyl (C=O) groups is 2. The smallest absolute Gasteiger partial charge is 0.295 e. The highest BCUT2D eigenvalue weighted by atomic mass is 16.5. The minimum atomic E-state index is -0.810. The Labute approximate surface area is 198 Å². The third-order valence-corrected chi connectivity index (χ3v) is 5.67. The topological polar surface area (TPSA) is 93.0 Å². The van der Waals surface area contributed by atoms with Gasteiger partial charge in [0.05, 0.1) is 26.3 Å². The minimum absolute atomic E-state index is 0.0581. The van der Waals surface area contributed by atoms with Crippen LogP contribution in [-0.2, 0) is 16.1 Å². The number of aromatic amines is 1. The molecule has 2 heterocycles. The van der Waals surface area contributed by atoms with E-state index >= 15 is 0 Å². The maximum Gasteiger partial charge on any atom is 0.295 e. The second-order valence-corrected chi connectivity index (χ2v) is 7.97. The van der Waals surface area contributed by atoms with Gasteiger partial charge in [-0.25, -0.2) is 4.98 Å². The number of methoxy groups -OCH3 is 1. The standard InChI is InChI=1S/C27H26N2O5/c1-3-15-34-22-12-6-19(7-13-22)24-23(25(30)20-8-10-21(33-2)11-9-20)26(31)27(32)29(24)17-18-5-4-14-28-16-18/h4-14,16,24,30H,3,15,17H2,1-2H3. The highest BCUT2D eigenvalue weighted by Gasteiger charge is 2.44. The zero-order valence-electron chi connectivity index (χ0n) is 19.1. The van der Waals surface area contributed by atoms with Gasteiger partial charge in [0.1, 0.15) is 11.5 Å². The SMILES string of the molecule is CCCOc1ccc(C2C(=C([O-])c3ccc(OC)cc3)C(=O)C(=O)N2Cc2ccc[nH+]c2)cc1. The van der Waals surface area contributed by atoms with Crippen LogP contribution in [0.3, 0.4) is 0 Å². The molecule has 1 atom stereocenters. The molecular formula is C27H26N2O5. The van der Waals surface area contributed by atoms with Crippen LogP contribution in [-0.4, -0.2) is 30.3 Å². The van der Waals surface area contributed by atoms with Crippen LogP contribution < -0.4 is 19.6 Å². The Morgan fingerprint density at radius 3 is 2.35 bits per heavy atom. The number of H-pyrrole nitrogens is 1. The summed E-state index contributed by atoms with van der Waals surface area (Å²) in [6, 6.07) is 16.6. The van der Waals surface area contributed by atoms with E-state index in [1.807, 2.05) is 19.1 Å². The largest absolute Gasteiger partial charge is 0.872 e. The summed E-state index contributed by atoms with van der Waals surface area (Å²) in [5.74, 6) is -0.668. The summed E-state index contributed by atoms with van der Waals surface area (Å²) >= 11 is 0. The molecule has 0 saturated carbocycles. The Morgan fingerprint density at radius 2 is 1.74 bits per heavy atom. The molecule has 1 fully saturated rings. The zero-order valence-corrected chi connectivity index (χ0v) is 19.1. The number of nitrogens with one attached hydrogen (secondary N) is 1. The molecule has 0 radical (unpaired) electrons. The van der Waals surface area contributed by atoms with Crippen LogP contribution in [0.4, 0.5) is 0 Å². The fourth-order valence-electron chi connectivity index (χ4n) is 3.97. The number of ether oxygens (including phenoxy) is 2. The van der Waals surface area contributed by atoms with E-state index in [1.165, 1.54) is 12.0 Å². The van der Waals surface area contributed by atoms with E-state index in [0.717, 1.165) is 12.0 Å². The van der Waals surface area contributed by atoms with Gasteiger partial charge in [-0.05, 0) is 47.9 Å². The van der Waals surface area contributed by atoms with Crippen molar-refractivity contribution in [2.75, 3.05) is 13.7 Å². The first kappa shape index (κ1) is 23.0. The van der Waals surface area contributed by atoms with E-state index in [0.29, 0.717) is 29.2 Å². The van der Waals surface area contributed by atoms with Gasteiger partial charge in [0, 0.05) is 17.2 Å². The molecule has 7 heteroatoms. The maximum absolute atomic E-state index is 13.5. The summed E-state index contributed by atoms with van der Waals surface area (Å²) in [6.45, 7) is 2.79. The first-order chi connectivity index (χ1) is 16.5. The van der Waals surface area contributed by atoms with E-state index in [1.54, 1.807) is 60.9 Å². The lowest BCUT2D eigenvalue weighted by molar-refractivity contribution is -0.378. The summed E-state index contributed by atoms with van der Waals surface area (Å²) in [7, 11) is 1.54. The molecule has 1 aromatic heterocycles. The average Bonchev–Trinajstić information content (AvgIpc) is 3.13. The van der Waals surface area contributed by atoms with Crippen molar-refractivity contribution in [1.82, 2.24) is 4.90 Å². The number of aromatic nitrogens is 1. The number of pyridine rings is 1. The van der Waals surface area contributed by atoms with Crippen molar-refractivity contribution >= 4 is 17.4 Å². The highest BCUT2D eigenvalue weighted by Crippen LogP contribution is 2.40. The Hall–Kier alpha value is -4.13. The number of ketones is 1. The summed E-state index contributed by atoms with van der Waals surface area (Å²) in [5.41, 5.74) is 1.74. The lowest BCUT2D eigenvalue weighted by Gasteiger charge is -2.27. The van der Waals surface area contributed by atoms with Crippen molar-refractivity contribution in [3.8, 4) is 11.5 Å². The number of carbonyl (C=O) groups excluding carboxylic acids is 2. The van der Waals surface area contributed by atoms with Crippen LogP contribution in [0.25, 0.3) is 5.76 Å². The molecule has 0 bridgehead atoms. The van der Waals surface area contributed by atoms with Crippen molar-refractivity contribution in [2.45, 2.75) is 25.9 Å². The molecule has 3 aromatic rings. The van der Waals surface area contributed by atoms with Crippen molar-refractivity contribution < 1.29 is 29.2 Å². The third kappa shape index (κ3) is 4.64. The normalized spacial score (nSPS) is 17.1. The van der Waals surface area contributed by atoms with E-state index in [4.69, 9.17) is 9.47 Å². The lowest BCUT2D eigenvalue weighted by atomic mass is 9.95. The molecule has 1 aliphatic heterocycles. The number of nitrogens with zero attached hydrogens (tertiary/aromatic N) is 1. The van der Waals surface area contributed by atoms with Gasteiger partial charge < -0.3 is 19.5 Å². The predicted octanol–water partition coefficient (Wildman–Crippen LogP) is 2.72. The molecule has 1 N–H and O–H groups in total. The molecule has 1 saturated heterocycles. The fraction of sp³-hybridized carbons (Fsp3) is 0.222. The Morgan fingerprint density at radius 1 is 1.03 bits per heavy atom. The maximum atomic E-state index is 13.5. The molecule has 4 rings (SSSR count). The van der Waals surface area contributed by atoms with Crippen molar-refractivity contribution in [3.63, 3.8) is 0 Å². The monoisotopic (exact) mass is 458 g/mol. The lowest BCUT2D eigenvalue weighted by Crippen LogP contribution is -2.29. The molecule has 174 valence electrons. The predicted molar refractivity (Wildman–Crippen MR) is 123 cm³/mol. The number of rotatable bonds is 8. The van der Waals surface area contributed by atoms with Crippen LogP contribution in [0.1, 0.15) is 36.1 Å². The molecule has 0 spiro atoms. The second-order valence-electron chi connectivity index (χ2n) is 7.97. The first-order valence-corrected chi connectivity index (χ1v) is 11.1. The molecule has 0 aliphatic carbocycles. The summed E-state index contributed by atoms with van der Waals surface area (Å²) in [6.07, 6.45) is 4.40. The van der Waals surface area contributed by atoms with Gasteiger partial charge >= 0.3 is 0 Å². The van der Waals surface area contributed by atoms with Crippen LogP contribution in [0.5, 0.6) is 11.5 Å². The molecule has 1 amide bonds. The minimum Gasteiger partial charge on any atom is -0.872 e.